The van der Waals surface area contributed by atoms with E-state index >= 15 is 0 Å². The van der Waals surface area contributed by atoms with Crippen molar-refractivity contribution in [1.29, 1.82) is 0 Å². The Labute approximate surface area is 101 Å². The number of rotatable bonds is 1. The van der Waals surface area contributed by atoms with Crippen LogP contribution in [0.4, 0.5) is 0 Å². The smallest absolute Gasteiger partial charge is 0.178 e. The fraction of sp³-hybridized carbons (Fsp3) is 0.250. The van der Waals surface area contributed by atoms with E-state index in [0.717, 1.165) is 0 Å². The number of benzene rings is 1. The van der Waals surface area contributed by atoms with Gasteiger partial charge in [0.1, 0.15) is 9.86 Å². The Hall–Kier alpha value is -0.0200. The first kappa shape index (κ1) is 12.1. The lowest BCUT2D eigenvalue weighted by Crippen LogP contribution is -1.92. The summed E-state index contributed by atoms with van der Waals surface area (Å²) in [5.41, 5.74) is 0.613. The molecule has 0 aliphatic carbocycles. The Morgan fingerprint density at radius 2 is 1.50 bits per heavy atom. The molecule has 0 saturated heterocycles. The summed E-state index contributed by atoms with van der Waals surface area (Å²) < 4.78 is 0. The number of hydrogen-bond acceptors (Lipinski definition) is 2. The zero-order valence-corrected chi connectivity index (χ0v) is 10.0. The Morgan fingerprint density at radius 1 is 1.00 bits per heavy atom. The summed E-state index contributed by atoms with van der Waals surface area (Å²) >= 11 is 22.7. The first-order chi connectivity index (χ1) is 6.37. The van der Waals surface area contributed by atoms with Gasteiger partial charge in [-0.3, -0.25) is 0 Å². The predicted octanol–water partition coefficient (Wildman–Crippen LogP) is 4.19. The summed E-state index contributed by atoms with van der Waals surface area (Å²) in [7, 11) is 0. The summed E-state index contributed by atoms with van der Waals surface area (Å²) in [6.07, 6.45) is 0. The van der Waals surface area contributed by atoms with E-state index in [1.165, 1.54) is 6.92 Å². The van der Waals surface area contributed by atoms with Crippen molar-refractivity contribution in [3.63, 3.8) is 0 Å². The van der Waals surface area contributed by atoms with Gasteiger partial charge < -0.3 is 10.2 Å². The van der Waals surface area contributed by atoms with Gasteiger partial charge in [0.25, 0.3) is 0 Å². The molecular weight excluding hydrogens is 270 g/mol. The molecular formula is C8H6Cl4O2. The largest absolute Gasteiger partial charge is 0.504 e. The number of aromatic hydroxyl groups is 2. The van der Waals surface area contributed by atoms with Gasteiger partial charge in [-0.25, -0.2) is 0 Å². The fourth-order valence-corrected chi connectivity index (χ4v) is 2.24. The normalized spacial score (nSPS) is 11.0. The zero-order chi connectivity index (χ0) is 11.0. The highest BCUT2D eigenvalue weighted by atomic mass is 35.5. The highest BCUT2D eigenvalue weighted by Crippen LogP contribution is 2.47. The van der Waals surface area contributed by atoms with Crippen molar-refractivity contribution in [1.82, 2.24) is 0 Å². The molecule has 0 spiro atoms. The van der Waals surface area contributed by atoms with E-state index < -0.39 is 10.6 Å². The third kappa shape index (κ3) is 1.84. The Morgan fingerprint density at radius 3 is 1.93 bits per heavy atom. The van der Waals surface area contributed by atoms with Crippen LogP contribution in [0.15, 0.2) is 0 Å². The molecule has 1 rings (SSSR count). The minimum absolute atomic E-state index is 0.0504. The molecule has 0 saturated carbocycles. The van der Waals surface area contributed by atoms with Gasteiger partial charge in [0, 0.05) is 11.1 Å². The molecule has 78 valence electrons. The summed E-state index contributed by atoms with van der Waals surface area (Å²) in [6.45, 7) is 1.53. The average molecular weight is 276 g/mol. The van der Waals surface area contributed by atoms with E-state index in [1.807, 2.05) is 0 Å². The average Bonchev–Trinajstić information content (AvgIpc) is 2.11. The topological polar surface area (TPSA) is 40.5 Å². The first-order valence-corrected chi connectivity index (χ1v) is 5.18. The Balaban J connectivity index is 3.60. The lowest BCUT2D eigenvalue weighted by molar-refractivity contribution is 0.401. The number of alkyl halides is 2. The summed E-state index contributed by atoms with van der Waals surface area (Å²) in [5, 5.41) is 18.6. The minimum atomic E-state index is -0.911. The Bertz CT molecular complexity index is 347. The third-order valence-corrected chi connectivity index (χ3v) is 3.13. The zero-order valence-electron chi connectivity index (χ0n) is 6.98. The predicted molar refractivity (Wildman–Crippen MR) is 59.0 cm³/mol. The van der Waals surface area contributed by atoms with Crippen LogP contribution in [0.3, 0.4) is 0 Å². The van der Waals surface area contributed by atoms with Crippen LogP contribution >= 0.6 is 46.4 Å². The summed E-state index contributed by atoms with van der Waals surface area (Å²) in [4.78, 5) is -0.911. The van der Waals surface area contributed by atoms with E-state index in [2.05, 4.69) is 0 Å². The maximum Gasteiger partial charge on any atom is 0.178 e. The SMILES string of the molecule is Cc1c(O)c(O)c(Cl)c(Cl)c1C(Cl)Cl. The number of phenolic OH excluding ortho intramolecular Hbond substituents is 2. The van der Waals surface area contributed by atoms with Crippen LogP contribution in [0, 0.1) is 6.92 Å². The van der Waals surface area contributed by atoms with Gasteiger partial charge in [-0.15, -0.1) is 0 Å². The number of halogens is 4. The van der Waals surface area contributed by atoms with Gasteiger partial charge in [-0.2, -0.15) is 0 Å². The van der Waals surface area contributed by atoms with Crippen LogP contribution in [0.2, 0.25) is 10.0 Å². The summed E-state index contributed by atoms with van der Waals surface area (Å²) in [5.74, 6) is -0.826. The maximum atomic E-state index is 9.43. The minimum Gasteiger partial charge on any atom is -0.504 e. The van der Waals surface area contributed by atoms with Gasteiger partial charge in [0.05, 0.1) is 5.02 Å². The molecule has 0 atom stereocenters. The van der Waals surface area contributed by atoms with Gasteiger partial charge in [0.15, 0.2) is 11.5 Å². The molecule has 0 aliphatic heterocycles. The molecule has 6 heteroatoms. The van der Waals surface area contributed by atoms with Crippen molar-refractivity contribution in [3.05, 3.63) is 21.2 Å². The van der Waals surface area contributed by atoms with E-state index in [4.69, 9.17) is 46.4 Å². The highest BCUT2D eigenvalue weighted by molar-refractivity contribution is 6.48. The third-order valence-electron chi connectivity index (χ3n) is 1.84. The summed E-state index contributed by atoms with van der Waals surface area (Å²) in [6, 6.07) is 0. The second-order valence-electron chi connectivity index (χ2n) is 2.66. The number of hydrogen-bond donors (Lipinski definition) is 2. The quantitative estimate of drug-likeness (QED) is 0.596. The molecule has 1 aromatic rings. The van der Waals surface area contributed by atoms with Crippen LogP contribution in [-0.2, 0) is 0 Å². The molecule has 0 heterocycles. The highest BCUT2D eigenvalue weighted by Gasteiger charge is 2.22. The second-order valence-corrected chi connectivity index (χ2v) is 4.52. The lowest BCUT2D eigenvalue weighted by atomic mass is 10.1. The van der Waals surface area contributed by atoms with E-state index in [9.17, 15) is 10.2 Å². The standard InChI is InChI=1S/C8H6Cl4O2/c1-2-3(8(11)12)4(9)5(10)7(14)6(2)13/h8,13-14H,1H3. The molecule has 0 radical (unpaired) electrons. The van der Waals surface area contributed by atoms with Crippen molar-refractivity contribution in [2.45, 2.75) is 11.8 Å². The molecule has 0 unspecified atom stereocenters. The first-order valence-electron chi connectivity index (χ1n) is 3.55. The molecule has 2 nitrogen and oxygen atoms in total. The van der Waals surface area contributed by atoms with Crippen LogP contribution in [0.1, 0.15) is 16.0 Å². The van der Waals surface area contributed by atoms with Gasteiger partial charge in [-0.05, 0) is 6.92 Å². The van der Waals surface area contributed by atoms with Crippen molar-refractivity contribution in [2.75, 3.05) is 0 Å². The van der Waals surface area contributed by atoms with Gasteiger partial charge in [-0.1, -0.05) is 46.4 Å². The molecule has 0 aromatic heterocycles. The fourth-order valence-electron chi connectivity index (χ4n) is 1.06. The second kappa shape index (κ2) is 4.23. The van der Waals surface area contributed by atoms with Crippen molar-refractivity contribution in [2.24, 2.45) is 0 Å². The maximum absolute atomic E-state index is 9.43. The monoisotopic (exact) mass is 274 g/mol. The van der Waals surface area contributed by atoms with E-state index in [0.29, 0.717) is 11.1 Å². The van der Waals surface area contributed by atoms with Crippen molar-refractivity contribution in [3.8, 4) is 11.5 Å². The van der Waals surface area contributed by atoms with E-state index in [-0.39, 0.29) is 15.8 Å². The lowest BCUT2D eigenvalue weighted by Gasteiger charge is -2.13. The Kier molecular flexibility index (Phi) is 3.64. The van der Waals surface area contributed by atoms with Crippen molar-refractivity contribution < 1.29 is 10.2 Å². The molecule has 2 N–H and O–H groups in total. The molecule has 0 fully saturated rings. The van der Waals surface area contributed by atoms with Gasteiger partial charge in [0.2, 0.25) is 0 Å². The number of phenols is 2. The molecule has 0 bridgehead atoms. The van der Waals surface area contributed by atoms with Crippen LogP contribution < -0.4 is 0 Å². The van der Waals surface area contributed by atoms with Crippen molar-refractivity contribution >= 4 is 46.4 Å². The molecule has 1 aromatic carbocycles. The molecule has 0 amide bonds. The van der Waals surface area contributed by atoms with Gasteiger partial charge >= 0.3 is 0 Å². The van der Waals surface area contributed by atoms with Crippen LogP contribution in [-0.4, -0.2) is 10.2 Å². The van der Waals surface area contributed by atoms with E-state index in [1.54, 1.807) is 0 Å². The van der Waals surface area contributed by atoms with Crippen LogP contribution in [0.5, 0.6) is 11.5 Å². The molecule has 14 heavy (non-hydrogen) atoms. The molecule has 0 aliphatic rings. The van der Waals surface area contributed by atoms with Crippen LogP contribution in [0.25, 0.3) is 0 Å².